The van der Waals surface area contributed by atoms with E-state index in [-0.39, 0.29) is 21.8 Å². The molecule has 0 unspecified atom stereocenters. The van der Waals surface area contributed by atoms with Crippen LogP contribution in [0.1, 0.15) is 5.56 Å². The molecule has 1 aromatic heterocycles. The van der Waals surface area contributed by atoms with Crippen LogP contribution in [0.15, 0.2) is 39.9 Å². The first-order chi connectivity index (χ1) is 7.66. The van der Waals surface area contributed by atoms with Crippen LogP contribution in [-0.4, -0.2) is 9.97 Å². The molecule has 80 valence electrons. The second-order valence-corrected chi connectivity index (χ2v) is 3.36. The number of hydrogen-bond donors (Lipinski definition) is 2. The van der Waals surface area contributed by atoms with Gasteiger partial charge in [0, 0.05) is 0 Å². The van der Waals surface area contributed by atoms with Crippen molar-refractivity contribution in [2.24, 2.45) is 0 Å². The molecule has 2 rings (SSSR count). The predicted molar refractivity (Wildman–Crippen MR) is 62.5 cm³/mol. The van der Waals surface area contributed by atoms with E-state index in [4.69, 9.17) is 0 Å². The lowest BCUT2D eigenvalue weighted by molar-refractivity contribution is 1.01. The summed E-state index contributed by atoms with van der Waals surface area (Å²) in [6, 6.07) is 9.27. The fraction of sp³-hybridized carbons (Fsp3) is 0. The van der Waals surface area contributed by atoms with Crippen LogP contribution >= 0.6 is 0 Å². The zero-order valence-electron chi connectivity index (χ0n) is 8.49. The molecular formula is C12H10N2O2. The van der Waals surface area contributed by atoms with Crippen molar-refractivity contribution in [1.82, 2.24) is 9.97 Å². The number of nitrogens with one attached hydrogen (secondary N) is 2. The number of aromatic amines is 2. The summed E-state index contributed by atoms with van der Waals surface area (Å²) in [7, 11) is 0. The summed E-state index contributed by atoms with van der Waals surface area (Å²) >= 11 is 0. The molecule has 16 heavy (non-hydrogen) atoms. The topological polar surface area (TPSA) is 65.7 Å². The Morgan fingerprint density at radius 1 is 1.00 bits per heavy atom. The van der Waals surface area contributed by atoms with Gasteiger partial charge in [-0.15, -0.1) is 0 Å². The van der Waals surface area contributed by atoms with Gasteiger partial charge in [-0.25, -0.2) is 0 Å². The molecule has 2 aromatic rings. The van der Waals surface area contributed by atoms with Crippen LogP contribution in [0.4, 0.5) is 0 Å². The van der Waals surface area contributed by atoms with Crippen LogP contribution < -0.4 is 21.8 Å². The smallest absolute Gasteiger partial charge is 0.272 e. The maximum Gasteiger partial charge on any atom is 0.272 e. The Kier molecular flexibility index (Phi) is 2.55. The molecule has 0 saturated carbocycles. The van der Waals surface area contributed by atoms with E-state index in [1.807, 2.05) is 30.3 Å². The molecule has 4 nitrogen and oxygen atoms in total. The highest BCUT2D eigenvalue weighted by Gasteiger charge is 1.93. The first kappa shape index (κ1) is 10.2. The molecule has 0 amide bonds. The first-order valence-corrected chi connectivity index (χ1v) is 4.75. The summed E-state index contributed by atoms with van der Waals surface area (Å²) in [4.78, 5) is 27.6. The maximum atomic E-state index is 11.5. The Balaban J connectivity index is 2.71. The summed E-state index contributed by atoms with van der Waals surface area (Å²) in [6.07, 6.45) is 1.61. The van der Waals surface area contributed by atoms with Crippen LogP contribution in [0.25, 0.3) is 12.7 Å². The molecule has 1 heterocycles. The van der Waals surface area contributed by atoms with Crippen LogP contribution in [0, 0.1) is 0 Å². The molecule has 0 bridgehead atoms. The molecule has 0 aliphatic rings. The van der Waals surface area contributed by atoms with Gasteiger partial charge in [-0.1, -0.05) is 36.9 Å². The van der Waals surface area contributed by atoms with Crippen molar-refractivity contribution >= 4 is 12.7 Å². The minimum absolute atomic E-state index is 0.0650. The van der Waals surface area contributed by atoms with Crippen LogP contribution in [-0.2, 0) is 0 Å². The van der Waals surface area contributed by atoms with Gasteiger partial charge in [-0.05, 0) is 11.6 Å². The number of H-pyrrole nitrogens is 2. The zero-order chi connectivity index (χ0) is 11.5. The molecule has 0 fully saturated rings. The monoisotopic (exact) mass is 214 g/mol. The Hall–Kier alpha value is -2.36. The summed E-state index contributed by atoms with van der Waals surface area (Å²) in [5.41, 5.74) is 0.107. The average Bonchev–Trinajstić information content (AvgIpc) is 2.27. The lowest BCUT2D eigenvalue weighted by Gasteiger charge is -1.91. The maximum absolute atomic E-state index is 11.5. The van der Waals surface area contributed by atoms with Gasteiger partial charge in [-0.3, -0.25) is 9.59 Å². The van der Waals surface area contributed by atoms with E-state index in [1.54, 1.807) is 6.08 Å². The highest BCUT2D eigenvalue weighted by molar-refractivity contribution is 5.47. The third kappa shape index (κ3) is 2.00. The van der Waals surface area contributed by atoms with Gasteiger partial charge in [0.15, 0.2) is 0 Å². The van der Waals surface area contributed by atoms with Crippen LogP contribution in [0.5, 0.6) is 0 Å². The van der Waals surface area contributed by atoms with E-state index >= 15 is 0 Å². The van der Waals surface area contributed by atoms with E-state index in [1.165, 1.54) is 0 Å². The second-order valence-electron chi connectivity index (χ2n) is 3.36. The van der Waals surface area contributed by atoms with Crippen molar-refractivity contribution in [3.8, 4) is 0 Å². The van der Waals surface area contributed by atoms with Crippen molar-refractivity contribution < 1.29 is 0 Å². The SMILES string of the molecule is C=c1[nH]c(=O)/c(=C/c2ccccc2)[nH]c1=O. The molecule has 0 atom stereocenters. The predicted octanol–water partition coefficient (Wildman–Crippen LogP) is -0.698. The minimum atomic E-state index is -0.387. The van der Waals surface area contributed by atoms with Gasteiger partial charge in [0.05, 0.1) is 5.35 Å². The fourth-order valence-corrected chi connectivity index (χ4v) is 1.33. The summed E-state index contributed by atoms with van der Waals surface area (Å²) in [5.74, 6) is 0. The Morgan fingerprint density at radius 2 is 1.69 bits per heavy atom. The van der Waals surface area contributed by atoms with Gasteiger partial charge in [-0.2, -0.15) is 0 Å². The molecule has 0 radical (unpaired) electrons. The summed E-state index contributed by atoms with van der Waals surface area (Å²) in [5, 5.41) is 0.291. The van der Waals surface area contributed by atoms with Crippen molar-refractivity contribution in [2.45, 2.75) is 0 Å². The number of hydrogen-bond acceptors (Lipinski definition) is 2. The van der Waals surface area contributed by atoms with E-state index < -0.39 is 0 Å². The molecule has 0 aliphatic carbocycles. The standard InChI is InChI=1S/C12H10N2O2/c1-8-11(15)14-10(12(16)13-8)7-9-5-3-2-4-6-9/h2-7H,1H2,(H,13,16)(H,14,15)/b10-7-. The normalized spacial score (nSPS) is 11.6. The number of aromatic nitrogens is 2. The lowest BCUT2D eigenvalue weighted by atomic mass is 10.2. The van der Waals surface area contributed by atoms with Gasteiger partial charge < -0.3 is 9.97 Å². The fourth-order valence-electron chi connectivity index (χ4n) is 1.33. The lowest BCUT2D eigenvalue weighted by Crippen LogP contribution is -2.46. The minimum Gasteiger partial charge on any atom is -0.317 e. The largest absolute Gasteiger partial charge is 0.317 e. The molecule has 0 spiro atoms. The second kappa shape index (κ2) is 4.02. The molecular weight excluding hydrogens is 204 g/mol. The van der Waals surface area contributed by atoms with E-state index in [9.17, 15) is 9.59 Å². The number of benzene rings is 1. The third-order valence-electron chi connectivity index (χ3n) is 2.14. The Labute approximate surface area is 90.6 Å². The van der Waals surface area contributed by atoms with Crippen molar-refractivity contribution in [3.63, 3.8) is 0 Å². The van der Waals surface area contributed by atoms with E-state index in [2.05, 4.69) is 16.5 Å². The molecule has 4 heteroatoms. The Bertz CT molecular complexity index is 711. The van der Waals surface area contributed by atoms with E-state index in [0.717, 1.165) is 5.56 Å². The van der Waals surface area contributed by atoms with Crippen molar-refractivity contribution in [3.05, 3.63) is 67.3 Å². The highest BCUT2D eigenvalue weighted by atomic mass is 16.1. The van der Waals surface area contributed by atoms with Gasteiger partial charge in [0.25, 0.3) is 11.1 Å². The summed E-state index contributed by atoms with van der Waals surface area (Å²) in [6.45, 7) is 3.42. The van der Waals surface area contributed by atoms with Gasteiger partial charge in [0.2, 0.25) is 0 Å². The molecule has 0 aliphatic heterocycles. The molecule has 2 N–H and O–H groups in total. The van der Waals surface area contributed by atoms with Crippen molar-refractivity contribution in [1.29, 1.82) is 0 Å². The van der Waals surface area contributed by atoms with Gasteiger partial charge >= 0.3 is 0 Å². The highest BCUT2D eigenvalue weighted by Crippen LogP contribution is 1.96. The van der Waals surface area contributed by atoms with Crippen LogP contribution in [0.2, 0.25) is 0 Å². The van der Waals surface area contributed by atoms with Crippen molar-refractivity contribution in [2.75, 3.05) is 0 Å². The Morgan fingerprint density at radius 3 is 2.38 bits per heavy atom. The quantitative estimate of drug-likeness (QED) is 0.659. The third-order valence-corrected chi connectivity index (χ3v) is 2.14. The van der Waals surface area contributed by atoms with Crippen LogP contribution in [0.3, 0.4) is 0 Å². The summed E-state index contributed by atoms with van der Waals surface area (Å²) < 4.78 is 0. The number of rotatable bonds is 1. The molecule has 0 saturated heterocycles. The molecule has 1 aromatic carbocycles. The zero-order valence-corrected chi connectivity index (χ0v) is 8.49. The van der Waals surface area contributed by atoms with E-state index in [0.29, 0.717) is 0 Å². The average molecular weight is 214 g/mol. The first-order valence-electron chi connectivity index (χ1n) is 4.75. The van der Waals surface area contributed by atoms with Gasteiger partial charge in [0.1, 0.15) is 5.35 Å².